The van der Waals surface area contributed by atoms with Gasteiger partial charge >= 0.3 is 0 Å². The summed E-state index contributed by atoms with van der Waals surface area (Å²) in [6.45, 7) is 0. The third-order valence-electron chi connectivity index (χ3n) is 1.63. The molecule has 0 aromatic heterocycles. The molecule has 0 unspecified atom stereocenters. The maximum absolute atomic E-state index is 11.4. The average Bonchev–Trinajstić information content (AvgIpc) is 2.17. The molecule has 0 heterocycles. The molecule has 0 N–H and O–H groups in total. The topological polar surface area (TPSA) is 26.3 Å². The van der Waals surface area contributed by atoms with Gasteiger partial charge in [-0.3, -0.25) is 4.79 Å². The predicted molar refractivity (Wildman–Crippen MR) is 57.8 cm³/mol. The van der Waals surface area contributed by atoms with E-state index in [1.807, 2.05) is 0 Å². The van der Waals surface area contributed by atoms with Crippen molar-refractivity contribution >= 4 is 40.6 Å². The van der Waals surface area contributed by atoms with Gasteiger partial charge in [-0.05, 0) is 18.2 Å². The van der Waals surface area contributed by atoms with E-state index in [0.29, 0.717) is 16.3 Å². The van der Waals surface area contributed by atoms with Crippen molar-refractivity contribution in [3.63, 3.8) is 0 Å². The number of benzene rings is 1. The molecule has 0 aliphatic rings. The molecule has 0 saturated carbocycles. The van der Waals surface area contributed by atoms with E-state index in [1.54, 1.807) is 12.1 Å². The standard InChI is InChI=1S/C9H7Cl3O2/c1-14-7-4-5(2-3-6(7)10)8(13)9(11)12/h2-4,9H,1H3. The molecule has 0 bridgehead atoms. The lowest BCUT2D eigenvalue weighted by Gasteiger charge is -2.05. The van der Waals surface area contributed by atoms with Gasteiger partial charge in [0.25, 0.3) is 0 Å². The van der Waals surface area contributed by atoms with Crippen LogP contribution in [0.1, 0.15) is 10.4 Å². The molecule has 0 spiro atoms. The number of methoxy groups -OCH3 is 1. The third kappa shape index (κ3) is 2.53. The van der Waals surface area contributed by atoms with E-state index in [9.17, 15) is 4.79 Å². The van der Waals surface area contributed by atoms with E-state index in [0.717, 1.165) is 0 Å². The van der Waals surface area contributed by atoms with E-state index in [4.69, 9.17) is 39.5 Å². The number of carbonyl (C=O) groups is 1. The van der Waals surface area contributed by atoms with Crippen molar-refractivity contribution < 1.29 is 9.53 Å². The van der Waals surface area contributed by atoms with Crippen LogP contribution in [0.2, 0.25) is 5.02 Å². The maximum atomic E-state index is 11.4. The zero-order chi connectivity index (χ0) is 10.7. The van der Waals surface area contributed by atoms with Gasteiger partial charge in [0.05, 0.1) is 12.1 Å². The molecule has 14 heavy (non-hydrogen) atoms. The van der Waals surface area contributed by atoms with E-state index >= 15 is 0 Å². The lowest BCUT2D eigenvalue weighted by atomic mass is 10.1. The minimum atomic E-state index is -1.07. The third-order valence-corrected chi connectivity index (χ3v) is 2.34. The highest BCUT2D eigenvalue weighted by Crippen LogP contribution is 2.26. The molecular formula is C9H7Cl3O2. The van der Waals surface area contributed by atoms with Crippen LogP contribution in [-0.4, -0.2) is 17.7 Å². The Kier molecular flexibility index (Phi) is 4.05. The fraction of sp³-hybridized carbons (Fsp3) is 0.222. The Bertz CT molecular complexity index is 350. The Hall–Kier alpha value is -0.440. The Morgan fingerprint density at radius 2 is 2.07 bits per heavy atom. The number of hydrogen-bond acceptors (Lipinski definition) is 2. The molecule has 76 valence electrons. The molecular weight excluding hydrogens is 246 g/mol. The number of ether oxygens (including phenoxy) is 1. The summed E-state index contributed by atoms with van der Waals surface area (Å²) in [4.78, 5) is 10.3. The molecule has 0 saturated heterocycles. The van der Waals surface area contributed by atoms with Gasteiger partial charge < -0.3 is 4.74 Å². The fourth-order valence-electron chi connectivity index (χ4n) is 0.939. The molecule has 0 aliphatic heterocycles. The number of halogens is 3. The van der Waals surface area contributed by atoms with Crippen LogP contribution in [0, 0.1) is 0 Å². The van der Waals surface area contributed by atoms with Crippen LogP contribution in [-0.2, 0) is 0 Å². The minimum absolute atomic E-state index is 0.372. The normalized spacial score (nSPS) is 10.4. The van der Waals surface area contributed by atoms with Gasteiger partial charge in [-0.2, -0.15) is 0 Å². The highest BCUT2D eigenvalue weighted by molar-refractivity contribution is 6.55. The lowest BCUT2D eigenvalue weighted by molar-refractivity contribution is 0.101. The van der Waals surface area contributed by atoms with E-state index in [-0.39, 0.29) is 5.78 Å². The zero-order valence-corrected chi connectivity index (χ0v) is 9.53. The van der Waals surface area contributed by atoms with Gasteiger partial charge in [-0.1, -0.05) is 34.8 Å². The Labute approximate surface area is 96.7 Å². The molecule has 1 aromatic rings. The number of hydrogen-bond donors (Lipinski definition) is 0. The van der Waals surface area contributed by atoms with Crippen LogP contribution in [0.25, 0.3) is 0 Å². The smallest absolute Gasteiger partial charge is 0.195 e. The van der Waals surface area contributed by atoms with Crippen LogP contribution >= 0.6 is 34.8 Å². The highest BCUT2D eigenvalue weighted by atomic mass is 35.5. The van der Waals surface area contributed by atoms with Crippen molar-refractivity contribution in [1.29, 1.82) is 0 Å². The summed E-state index contributed by atoms with van der Waals surface area (Å²) >= 11 is 16.7. The van der Waals surface area contributed by atoms with Gasteiger partial charge in [-0.15, -0.1) is 0 Å². The second-order valence-electron chi connectivity index (χ2n) is 2.51. The Morgan fingerprint density at radius 1 is 1.43 bits per heavy atom. The summed E-state index contributed by atoms with van der Waals surface area (Å²) in [6, 6.07) is 4.61. The van der Waals surface area contributed by atoms with Gasteiger partial charge in [0.15, 0.2) is 10.6 Å². The van der Waals surface area contributed by atoms with Gasteiger partial charge in [-0.25, -0.2) is 0 Å². The molecule has 0 radical (unpaired) electrons. The highest BCUT2D eigenvalue weighted by Gasteiger charge is 2.15. The number of carbonyl (C=O) groups excluding carboxylic acids is 1. The van der Waals surface area contributed by atoms with Gasteiger partial charge in [0, 0.05) is 5.56 Å². The van der Waals surface area contributed by atoms with Gasteiger partial charge in [0.2, 0.25) is 0 Å². The maximum Gasteiger partial charge on any atom is 0.195 e. The Morgan fingerprint density at radius 3 is 2.57 bits per heavy atom. The molecule has 0 atom stereocenters. The van der Waals surface area contributed by atoms with E-state index in [1.165, 1.54) is 13.2 Å². The molecule has 2 nitrogen and oxygen atoms in total. The summed E-state index contributed by atoms with van der Waals surface area (Å²) in [7, 11) is 1.47. The first-order valence-corrected chi connectivity index (χ1v) is 4.97. The summed E-state index contributed by atoms with van der Waals surface area (Å²) in [5, 5.41) is 0.435. The summed E-state index contributed by atoms with van der Waals surface area (Å²) in [5.41, 5.74) is 0.376. The molecule has 1 aromatic carbocycles. The monoisotopic (exact) mass is 252 g/mol. The van der Waals surface area contributed by atoms with Crippen molar-refractivity contribution in [2.75, 3.05) is 7.11 Å². The van der Waals surface area contributed by atoms with E-state index in [2.05, 4.69) is 0 Å². The van der Waals surface area contributed by atoms with E-state index < -0.39 is 4.84 Å². The number of Topliss-reactive ketones (excluding diaryl/α,β-unsaturated/α-hetero) is 1. The van der Waals surface area contributed by atoms with Crippen molar-refractivity contribution in [2.45, 2.75) is 4.84 Å². The van der Waals surface area contributed by atoms with Crippen LogP contribution < -0.4 is 4.74 Å². The molecule has 5 heteroatoms. The van der Waals surface area contributed by atoms with Crippen molar-refractivity contribution in [1.82, 2.24) is 0 Å². The average molecular weight is 254 g/mol. The van der Waals surface area contributed by atoms with Crippen LogP contribution in [0.5, 0.6) is 5.75 Å². The summed E-state index contributed by atoms with van der Waals surface area (Å²) < 4.78 is 4.95. The summed E-state index contributed by atoms with van der Waals surface area (Å²) in [5.74, 6) is 0.0507. The van der Waals surface area contributed by atoms with Crippen molar-refractivity contribution in [3.8, 4) is 5.75 Å². The number of ketones is 1. The quantitative estimate of drug-likeness (QED) is 0.610. The largest absolute Gasteiger partial charge is 0.495 e. The Balaban J connectivity index is 3.06. The second-order valence-corrected chi connectivity index (χ2v) is 4.02. The predicted octanol–water partition coefficient (Wildman–Crippen LogP) is 3.34. The number of alkyl halides is 2. The van der Waals surface area contributed by atoms with Crippen LogP contribution in [0.15, 0.2) is 18.2 Å². The van der Waals surface area contributed by atoms with Crippen LogP contribution in [0.3, 0.4) is 0 Å². The SMILES string of the molecule is COc1cc(C(=O)C(Cl)Cl)ccc1Cl. The first-order chi connectivity index (χ1) is 6.56. The lowest BCUT2D eigenvalue weighted by Crippen LogP contribution is -2.08. The second kappa shape index (κ2) is 4.87. The van der Waals surface area contributed by atoms with Crippen LogP contribution in [0.4, 0.5) is 0 Å². The molecule has 0 fully saturated rings. The zero-order valence-electron chi connectivity index (χ0n) is 7.26. The van der Waals surface area contributed by atoms with Crippen molar-refractivity contribution in [2.24, 2.45) is 0 Å². The first-order valence-electron chi connectivity index (χ1n) is 3.72. The summed E-state index contributed by atoms with van der Waals surface area (Å²) in [6.07, 6.45) is 0. The molecule has 0 aliphatic carbocycles. The fourth-order valence-corrected chi connectivity index (χ4v) is 1.39. The molecule has 1 rings (SSSR count). The van der Waals surface area contributed by atoms with Crippen molar-refractivity contribution in [3.05, 3.63) is 28.8 Å². The van der Waals surface area contributed by atoms with Gasteiger partial charge in [0.1, 0.15) is 5.75 Å². The molecule has 0 amide bonds. The minimum Gasteiger partial charge on any atom is -0.495 e. The number of rotatable bonds is 3. The first kappa shape index (κ1) is 11.6.